The van der Waals surface area contributed by atoms with E-state index < -0.39 is 0 Å². The van der Waals surface area contributed by atoms with Crippen molar-refractivity contribution in [3.8, 4) is 0 Å². The molecule has 6 heteroatoms. The van der Waals surface area contributed by atoms with Crippen LogP contribution in [0.15, 0.2) is 24.3 Å². The van der Waals surface area contributed by atoms with Crippen LogP contribution in [0.5, 0.6) is 0 Å². The molecule has 0 unspecified atom stereocenters. The highest BCUT2D eigenvalue weighted by Gasteiger charge is 2.39. The molecule has 0 radical (unpaired) electrons. The van der Waals surface area contributed by atoms with Gasteiger partial charge in [-0.2, -0.15) is 0 Å². The number of nitrogens with zero attached hydrogens (tertiary/aromatic N) is 2. The zero-order chi connectivity index (χ0) is 17.7. The summed E-state index contributed by atoms with van der Waals surface area (Å²) >= 11 is 1.61. The fraction of sp³-hybridized carbons (Fsp3) is 0.556. The molecule has 4 nitrogen and oxygen atoms in total. The second-order valence-corrected chi connectivity index (χ2v) is 7.08. The van der Waals surface area contributed by atoms with E-state index in [4.69, 9.17) is 0 Å². The smallest absolute Gasteiger partial charge is 0.237 e. The van der Waals surface area contributed by atoms with Crippen LogP contribution in [0.4, 0.5) is 4.39 Å². The van der Waals surface area contributed by atoms with Gasteiger partial charge in [-0.25, -0.2) is 4.39 Å². The van der Waals surface area contributed by atoms with E-state index in [1.54, 1.807) is 28.8 Å². The van der Waals surface area contributed by atoms with Crippen LogP contribution in [0.3, 0.4) is 0 Å². The number of benzene rings is 1. The van der Waals surface area contributed by atoms with Crippen LogP contribution in [-0.2, 0) is 9.59 Å². The normalized spacial score (nSPS) is 20.5. The maximum absolute atomic E-state index is 13.2. The predicted molar refractivity (Wildman–Crippen MR) is 95.1 cm³/mol. The molecular weight excluding hydrogens is 327 g/mol. The van der Waals surface area contributed by atoms with E-state index in [-0.39, 0.29) is 28.3 Å². The fourth-order valence-corrected chi connectivity index (χ4v) is 4.31. The molecule has 0 aliphatic carbocycles. The standard InChI is InChI=1S/C18H25FN2O2S/c1-4-15-17(23)21(12-11-20(6-3)16(22)5-2)18(24-15)13-7-9-14(19)10-8-13/h7-10,15,18H,4-6,11-12H2,1-3H3/t15-,18-/m1/s1. The molecule has 2 amide bonds. The molecule has 1 aliphatic rings. The first-order valence-corrected chi connectivity index (χ1v) is 9.45. The number of amides is 2. The Morgan fingerprint density at radius 2 is 1.92 bits per heavy atom. The lowest BCUT2D eigenvalue weighted by atomic mass is 10.2. The SMILES string of the molecule is CCC(=O)N(CC)CCN1C(=O)[C@@H](CC)S[C@@H]1c1ccc(F)cc1. The van der Waals surface area contributed by atoms with Crippen molar-refractivity contribution in [3.63, 3.8) is 0 Å². The molecule has 1 aromatic carbocycles. The summed E-state index contributed by atoms with van der Waals surface area (Å²) in [5.74, 6) is -0.0728. The van der Waals surface area contributed by atoms with Gasteiger partial charge in [0.05, 0.1) is 5.25 Å². The number of halogens is 1. The minimum atomic E-state index is -0.280. The van der Waals surface area contributed by atoms with Gasteiger partial charge in [-0.3, -0.25) is 9.59 Å². The third-order valence-corrected chi connectivity index (χ3v) is 5.96. The Bertz CT molecular complexity index is 579. The molecular formula is C18H25FN2O2S. The van der Waals surface area contributed by atoms with E-state index in [1.165, 1.54) is 12.1 Å². The van der Waals surface area contributed by atoms with Crippen LogP contribution in [0, 0.1) is 5.82 Å². The second kappa shape index (κ2) is 8.51. The molecule has 0 saturated carbocycles. The number of carbonyl (C=O) groups is 2. The van der Waals surface area contributed by atoms with Gasteiger partial charge >= 0.3 is 0 Å². The Morgan fingerprint density at radius 3 is 2.46 bits per heavy atom. The number of carbonyl (C=O) groups excluding carboxylic acids is 2. The Hall–Kier alpha value is -1.56. The lowest BCUT2D eigenvalue weighted by Crippen LogP contribution is -2.40. The number of thioether (sulfide) groups is 1. The Morgan fingerprint density at radius 1 is 1.25 bits per heavy atom. The summed E-state index contributed by atoms with van der Waals surface area (Å²) in [6.45, 7) is 7.46. The molecule has 132 valence electrons. The molecule has 1 heterocycles. The number of rotatable bonds is 7. The van der Waals surface area contributed by atoms with Crippen molar-refractivity contribution >= 4 is 23.6 Å². The van der Waals surface area contributed by atoms with Gasteiger partial charge in [0.25, 0.3) is 0 Å². The van der Waals surface area contributed by atoms with Gasteiger partial charge in [0.1, 0.15) is 11.2 Å². The molecule has 24 heavy (non-hydrogen) atoms. The molecule has 1 aliphatic heterocycles. The van der Waals surface area contributed by atoms with Crippen LogP contribution < -0.4 is 0 Å². The van der Waals surface area contributed by atoms with E-state index >= 15 is 0 Å². The van der Waals surface area contributed by atoms with Crippen molar-refractivity contribution in [2.24, 2.45) is 0 Å². The van der Waals surface area contributed by atoms with Gasteiger partial charge in [-0.05, 0) is 31.0 Å². The van der Waals surface area contributed by atoms with Gasteiger partial charge in [0.2, 0.25) is 11.8 Å². The molecule has 0 N–H and O–H groups in total. The van der Waals surface area contributed by atoms with Gasteiger partial charge < -0.3 is 9.80 Å². The van der Waals surface area contributed by atoms with E-state index in [2.05, 4.69) is 0 Å². The average molecular weight is 352 g/mol. The summed E-state index contributed by atoms with van der Waals surface area (Å²) in [4.78, 5) is 28.2. The average Bonchev–Trinajstić information content (AvgIpc) is 2.92. The van der Waals surface area contributed by atoms with Crippen LogP contribution in [-0.4, -0.2) is 46.5 Å². The summed E-state index contributed by atoms with van der Waals surface area (Å²) in [6, 6.07) is 6.33. The highest BCUT2D eigenvalue weighted by atomic mass is 32.2. The van der Waals surface area contributed by atoms with Gasteiger partial charge in [-0.1, -0.05) is 26.0 Å². The minimum absolute atomic E-state index is 0.0722. The quantitative estimate of drug-likeness (QED) is 0.755. The fourth-order valence-electron chi connectivity index (χ4n) is 2.88. The minimum Gasteiger partial charge on any atom is -0.341 e. The summed E-state index contributed by atoms with van der Waals surface area (Å²) in [5, 5.41) is -0.185. The van der Waals surface area contributed by atoms with Crippen molar-refractivity contribution in [1.82, 2.24) is 9.80 Å². The first-order valence-electron chi connectivity index (χ1n) is 8.50. The molecule has 0 aromatic heterocycles. The summed E-state index contributed by atoms with van der Waals surface area (Å²) in [5.41, 5.74) is 0.926. The Balaban J connectivity index is 2.15. The number of hydrogen-bond donors (Lipinski definition) is 0. The molecule has 1 fully saturated rings. The van der Waals surface area contributed by atoms with E-state index in [0.29, 0.717) is 26.1 Å². The maximum Gasteiger partial charge on any atom is 0.237 e. The topological polar surface area (TPSA) is 40.6 Å². The molecule has 1 saturated heterocycles. The number of hydrogen-bond acceptors (Lipinski definition) is 3. The molecule has 0 spiro atoms. The number of likely N-dealkylation sites (N-methyl/N-ethyl adjacent to an activating group) is 1. The molecule has 2 atom stereocenters. The van der Waals surface area contributed by atoms with Crippen LogP contribution >= 0.6 is 11.8 Å². The van der Waals surface area contributed by atoms with Gasteiger partial charge in [0.15, 0.2) is 0 Å². The first kappa shape index (κ1) is 18.8. The summed E-state index contributed by atoms with van der Waals surface area (Å²) < 4.78 is 13.2. The van der Waals surface area contributed by atoms with Crippen LogP contribution in [0.1, 0.15) is 44.6 Å². The zero-order valence-corrected chi connectivity index (χ0v) is 15.3. The molecule has 1 aromatic rings. The van der Waals surface area contributed by atoms with E-state index in [0.717, 1.165) is 12.0 Å². The van der Waals surface area contributed by atoms with Crippen LogP contribution in [0.25, 0.3) is 0 Å². The third kappa shape index (κ3) is 4.09. The maximum atomic E-state index is 13.2. The Labute approximate surface area is 147 Å². The summed E-state index contributed by atoms with van der Waals surface area (Å²) in [6.07, 6.45) is 1.23. The lowest BCUT2D eigenvalue weighted by molar-refractivity contribution is -0.134. The lowest BCUT2D eigenvalue weighted by Gasteiger charge is -2.28. The van der Waals surface area contributed by atoms with Crippen LogP contribution in [0.2, 0.25) is 0 Å². The van der Waals surface area contributed by atoms with E-state index in [1.807, 2.05) is 25.7 Å². The van der Waals surface area contributed by atoms with Crippen molar-refractivity contribution in [2.75, 3.05) is 19.6 Å². The molecule has 0 bridgehead atoms. The first-order chi connectivity index (χ1) is 11.5. The van der Waals surface area contributed by atoms with Crippen molar-refractivity contribution in [3.05, 3.63) is 35.6 Å². The van der Waals surface area contributed by atoms with Gasteiger partial charge in [-0.15, -0.1) is 11.8 Å². The zero-order valence-electron chi connectivity index (χ0n) is 14.5. The monoisotopic (exact) mass is 352 g/mol. The van der Waals surface area contributed by atoms with Crippen molar-refractivity contribution in [1.29, 1.82) is 0 Å². The molecule has 2 rings (SSSR count). The predicted octanol–water partition coefficient (Wildman–Crippen LogP) is 3.44. The second-order valence-electron chi connectivity index (χ2n) is 5.80. The summed E-state index contributed by atoms with van der Waals surface area (Å²) in [7, 11) is 0. The van der Waals surface area contributed by atoms with Gasteiger partial charge in [0, 0.05) is 26.1 Å². The van der Waals surface area contributed by atoms with Crippen molar-refractivity contribution in [2.45, 2.75) is 44.2 Å². The Kier molecular flexibility index (Phi) is 6.66. The largest absolute Gasteiger partial charge is 0.341 e. The third-order valence-electron chi connectivity index (χ3n) is 4.31. The van der Waals surface area contributed by atoms with Crippen molar-refractivity contribution < 1.29 is 14.0 Å². The highest BCUT2D eigenvalue weighted by Crippen LogP contribution is 2.43. The van der Waals surface area contributed by atoms with E-state index in [9.17, 15) is 14.0 Å². The highest BCUT2D eigenvalue weighted by molar-refractivity contribution is 8.01.